The molecular weight excluding hydrogens is 462 g/mol. The van der Waals surface area contributed by atoms with Gasteiger partial charge in [0.1, 0.15) is 11.4 Å². The van der Waals surface area contributed by atoms with E-state index in [1.807, 2.05) is 45.0 Å². The van der Waals surface area contributed by atoms with E-state index in [9.17, 15) is 9.59 Å². The zero-order valence-electron chi connectivity index (χ0n) is 23.3. The van der Waals surface area contributed by atoms with E-state index < -0.39 is 20.0 Å². The molecule has 0 N–H and O–H groups in total. The number of amides is 1. The van der Waals surface area contributed by atoms with Crippen molar-refractivity contribution < 1.29 is 28.2 Å². The zero-order valence-corrected chi connectivity index (χ0v) is 24.3. The fraction of sp³-hybridized carbons (Fsp3) is 0.704. The van der Waals surface area contributed by atoms with E-state index in [1.54, 1.807) is 18.9 Å². The molecule has 0 bridgehead atoms. The Morgan fingerprint density at radius 2 is 1.66 bits per heavy atom. The van der Waals surface area contributed by atoms with Gasteiger partial charge in [0.05, 0.1) is 26.2 Å². The minimum atomic E-state index is -2.02. The molecule has 1 aromatic rings. The van der Waals surface area contributed by atoms with Crippen LogP contribution in [0, 0.1) is 5.92 Å². The first-order valence-corrected chi connectivity index (χ1v) is 15.4. The van der Waals surface area contributed by atoms with Gasteiger partial charge in [-0.1, -0.05) is 32.9 Å². The average molecular weight is 508 g/mol. The molecule has 35 heavy (non-hydrogen) atoms. The van der Waals surface area contributed by atoms with E-state index in [4.69, 9.17) is 18.6 Å². The topological polar surface area (TPSA) is 74.3 Å². The third-order valence-corrected chi connectivity index (χ3v) is 11.4. The summed E-state index contributed by atoms with van der Waals surface area (Å²) in [6.07, 6.45) is 0.321. The van der Waals surface area contributed by atoms with Crippen LogP contribution in [0.5, 0.6) is 5.75 Å². The lowest BCUT2D eigenvalue weighted by molar-refractivity contribution is -0.144. The fourth-order valence-electron chi connectivity index (χ4n) is 4.14. The van der Waals surface area contributed by atoms with Crippen molar-refractivity contribution in [2.75, 3.05) is 20.3 Å². The minimum Gasteiger partial charge on any atom is -0.497 e. The number of likely N-dealkylation sites (tertiary alicyclic amines) is 1. The molecule has 1 aliphatic heterocycles. The van der Waals surface area contributed by atoms with Gasteiger partial charge in [0.2, 0.25) is 0 Å². The normalized spacial score (nSPS) is 21.1. The number of rotatable bonds is 8. The second-order valence-corrected chi connectivity index (χ2v) is 16.6. The first-order chi connectivity index (χ1) is 16.1. The van der Waals surface area contributed by atoms with Crippen LogP contribution in [0.3, 0.4) is 0 Å². The first-order valence-electron chi connectivity index (χ1n) is 12.5. The summed E-state index contributed by atoms with van der Waals surface area (Å²) in [6, 6.07) is 7.11. The van der Waals surface area contributed by atoms with Gasteiger partial charge < -0.3 is 18.6 Å². The Kier molecular flexibility index (Phi) is 9.44. The molecule has 1 aromatic carbocycles. The summed E-state index contributed by atoms with van der Waals surface area (Å²) >= 11 is 0. The summed E-state index contributed by atoms with van der Waals surface area (Å²) in [4.78, 5) is 27.8. The molecule has 1 saturated heterocycles. The number of nitrogens with zero attached hydrogens (tertiary/aromatic N) is 1. The first kappa shape index (κ1) is 29.2. The quantitative estimate of drug-likeness (QED) is 0.302. The molecule has 1 aliphatic rings. The van der Waals surface area contributed by atoms with Crippen molar-refractivity contribution in [3.63, 3.8) is 0 Å². The third-order valence-electron chi connectivity index (χ3n) is 6.95. The lowest BCUT2D eigenvalue weighted by atomic mass is 9.93. The van der Waals surface area contributed by atoms with Gasteiger partial charge in [-0.15, -0.1) is 0 Å². The van der Waals surface area contributed by atoms with Crippen molar-refractivity contribution in [2.45, 2.75) is 97.1 Å². The van der Waals surface area contributed by atoms with Gasteiger partial charge in [0.25, 0.3) is 0 Å². The molecule has 3 atom stereocenters. The summed E-state index contributed by atoms with van der Waals surface area (Å²) in [6.45, 7) is 19.2. The van der Waals surface area contributed by atoms with Crippen LogP contribution in [-0.4, -0.2) is 57.2 Å². The van der Waals surface area contributed by atoms with Gasteiger partial charge in [0.15, 0.2) is 8.32 Å². The van der Waals surface area contributed by atoms with Gasteiger partial charge in [-0.2, -0.15) is 0 Å². The molecule has 1 amide bonds. The van der Waals surface area contributed by atoms with Gasteiger partial charge in [-0.3, -0.25) is 9.69 Å². The highest BCUT2D eigenvalue weighted by molar-refractivity contribution is 6.74. The Labute approximate surface area is 212 Å². The largest absolute Gasteiger partial charge is 0.497 e. The molecular formula is C27H45NO6Si. The minimum absolute atomic E-state index is 0.00413. The maximum atomic E-state index is 13.5. The number of esters is 1. The molecule has 0 aliphatic carbocycles. The number of ether oxygens (including phenoxy) is 3. The predicted octanol–water partition coefficient (Wildman–Crippen LogP) is 6.34. The van der Waals surface area contributed by atoms with Crippen LogP contribution in [0.1, 0.15) is 72.9 Å². The molecule has 198 valence electrons. The average Bonchev–Trinajstić information content (AvgIpc) is 3.08. The maximum Gasteiger partial charge on any atom is 0.411 e. The number of hydrogen-bond acceptors (Lipinski definition) is 6. The van der Waals surface area contributed by atoms with Crippen molar-refractivity contribution in [2.24, 2.45) is 5.92 Å². The van der Waals surface area contributed by atoms with E-state index >= 15 is 0 Å². The van der Waals surface area contributed by atoms with E-state index in [-0.39, 0.29) is 35.4 Å². The molecule has 2 rings (SSSR count). The molecule has 0 saturated carbocycles. The van der Waals surface area contributed by atoms with Crippen LogP contribution >= 0.6 is 0 Å². The molecule has 8 heteroatoms. The molecule has 0 spiro atoms. The summed E-state index contributed by atoms with van der Waals surface area (Å²) in [5.74, 6) is 0.433. The Hall–Kier alpha value is -2.06. The highest BCUT2D eigenvalue weighted by Gasteiger charge is 2.48. The Morgan fingerprint density at radius 3 is 2.14 bits per heavy atom. The third kappa shape index (κ3) is 7.71. The number of methoxy groups -OCH3 is 1. The van der Waals surface area contributed by atoms with Crippen molar-refractivity contribution in [1.82, 2.24) is 4.90 Å². The lowest BCUT2D eigenvalue weighted by Crippen LogP contribution is -2.44. The van der Waals surface area contributed by atoms with Crippen molar-refractivity contribution in [3.8, 4) is 5.75 Å². The van der Waals surface area contributed by atoms with Crippen molar-refractivity contribution >= 4 is 20.4 Å². The fourth-order valence-corrected chi connectivity index (χ4v) is 5.21. The Morgan fingerprint density at radius 1 is 1.06 bits per heavy atom. The summed E-state index contributed by atoms with van der Waals surface area (Å²) < 4.78 is 23.0. The van der Waals surface area contributed by atoms with Crippen LogP contribution in [-0.2, 0) is 18.7 Å². The van der Waals surface area contributed by atoms with E-state index in [0.29, 0.717) is 19.6 Å². The van der Waals surface area contributed by atoms with Crippen LogP contribution in [0.2, 0.25) is 18.1 Å². The SMILES string of the molecule is CCOC(=O)C[C@@H]1C[C@H](CO[Si](C)(C)C(C)(C)C)[C@@H](c2ccc(OC)cc2)N1C(=O)OC(C)(C)C. The summed E-state index contributed by atoms with van der Waals surface area (Å²) in [5.41, 5.74) is 0.304. The van der Waals surface area contributed by atoms with Crippen LogP contribution in [0.4, 0.5) is 4.79 Å². The van der Waals surface area contributed by atoms with Crippen LogP contribution < -0.4 is 4.74 Å². The number of carbonyl (C=O) groups excluding carboxylic acids is 2. The van der Waals surface area contributed by atoms with Crippen LogP contribution in [0.25, 0.3) is 0 Å². The predicted molar refractivity (Wildman–Crippen MR) is 140 cm³/mol. The van der Waals surface area contributed by atoms with Gasteiger partial charge >= 0.3 is 12.1 Å². The molecule has 1 heterocycles. The van der Waals surface area contributed by atoms with E-state index in [1.165, 1.54) is 0 Å². The smallest absolute Gasteiger partial charge is 0.411 e. The van der Waals surface area contributed by atoms with Crippen molar-refractivity contribution in [3.05, 3.63) is 29.8 Å². The zero-order chi connectivity index (χ0) is 26.6. The second-order valence-electron chi connectivity index (χ2n) is 11.8. The highest BCUT2D eigenvalue weighted by atomic mass is 28.4. The summed E-state index contributed by atoms with van der Waals surface area (Å²) in [5, 5.41) is 0.0659. The number of carbonyl (C=O) groups is 2. The van der Waals surface area contributed by atoms with E-state index in [2.05, 4.69) is 33.9 Å². The standard InChI is InChI=1S/C27H45NO6Si/c1-11-32-23(29)17-21-16-20(18-33-35(9,10)27(5,6)7)24(19-12-14-22(31-8)15-13-19)28(21)25(30)34-26(2,3)4/h12-15,20-21,24H,11,16-18H2,1-10H3/t20-,21+,24-/m1/s1. The van der Waals surface area contributed by atoms with Gasteiger partial charge in [0, 0.05) is 18.6 Å². The molecule has 7 nitrogen and oxygen atoms in total. The van der Waals surface area contributed by atoms with Crippen molar-refractivity contribution in [1.29, 1.82) is 0 Å². The second kappa shape index (κ2) is 11.3. The molecule has 0 radical (unpaired) electrons. The maximum absolute atomic E-state index is 13.5. The highest BCUT2D eigenvalue weighted by Crippen LogP contribution is 2.45. The Bertz CT molecular complexity index is 856. The van der Waals surface area contributed by atoms with Gasteiger partial charge in [-0.25, -0.2) is 4.79 Å². The lowest BCUT2D eigenvalue weighted by Gasteiger charge is -2.38. The molecule has 0 unspecified atom stereocenters. The summed E-state index contributed by atoms with van der Waals surface area (Å²) in [7, 11) is -0.390. The van der Waals surface area contributed by atoms with Gasteiger partial charge in [-0.05, 0) is 69.9 Å². The molecule has 0 aromatic heterocycles. The Balaban J connectivity index is 2.48. The monoisotopic (exact) mass is 507 g/mol. The number of benzene rings is 1. The van der Waals surface area contributed by atoms with Crippen LogP contribution in [0.15, 0.2) is 24.3 Å². The van der Waals surface area contributed by atoms with E-state index in [0.717, 1.165) is 11.3 Å². The molecule has 1 fully saturated rings. The number of hydrogen-bond donors (Lipinski definition) is 0.